The van der Waals surface area contributed by atoms with Crippen molar-refractivity contribution >= 4 is 17.7 Å². The van der Waals surface area contributed by atoms with E-state index in [9.17, 15) is 0 Å². The maximum Gasteiger partial charge on any atom is 0.253 e. The molecule has 0 radical (unpaired) electrons. The second kappa shape index (κ2) is 9.98. The van der Waals surface area contributed by atoms with Gasteiger partial charge in [-0.2, -0.15) is 0 Å². The Kier molecular flexibility index (Phi) is 6.63. The van der Waals surface area contributed by atoms with E-state index in [1.807, 2.05) is 37.3 Å². The van der Waals surface area contributed by atoms with Crippen LogP contribution in [0.1, 0.15) is 25.5 Å². The van der Waals surface area contributed by atoms with Crippen molar-refractivity contribution < 1.29 is 13.7 Å². The number of aryl methyl sites for hydroxylation is 1. The first-order chi connectivity index (χ1) is 16.6. The number of nitrogens with zero attached hydrogens (tertiary/aromatic N) is 7. The molecule has 0 bridgehead atoms. The lowest BCUT2D eigenvalue weighted by molar-refractivity contribution is 0.121. The fraction of sp³-hybridized carbons (Fsp3) is 0.435. The number of thioether (sulfide) groups is 1. The van der Waals surface area contributed by atoms with Gasteiger partial charge in [0.2, 0.25) is 11.8 Å². The van der Waals surface area contributed by atoms with E-state index in [1.165, 1.54) is 11.8 Å². The van der Waals surface area contributed by atoms with E-state index < -0.39 is 0 Å². The summed E-state index contributed by atoms with van der Waals surface area (Å²) in [5, 5.41) is 22.5. The van der Waals surface area contributed by atoms with Crippen LogP contribution in [0.5, 0.6) is 0 Å². The summed E-state index contributed by atoms with van der Waals surface area (Å²) in [6.07, 6.45) is 0. The molecule has 5 rings (SSSR count). The van der Waals surface area contributed by atoms with Gasteiger partial charge in [0.25, 0.3) is 5.89 Å². The average molecular weight is 482 g/mol. The van der Waals surface area contributed by atoms with E-state index in [0.29, 0.717) is 53.7 Å². The van der Waals surface area contributed by atoms with E-state index in [2.05, 4.69) is 48.9 Å². The van der Waals surface area contributed by atoms with E-state index >= 15 is 0 Å². The van der Waals surface area contributed by atoms with Gasteiger partial charge in [-0.25, -0.2) is 0 Å². The first-order valence-corrected chi connectivity index (χ1v) is 12.3. The molecule has 0 N–H and O–H groups in total. The Morgan fingerprint density at radius 2 is 1.82 bits per heavy atom. The molecular formula is C23H27N7O3S. The van der Waals surface area contributed by atoms with Crippen LogP contribution in [0.15, 0.2) is 44.4 Å². The van der Waals surface area contributed by atoms with Crippen LogP contribution in [-0.2, 0) is 17.0 Å². The molecule has 0 unspecified atom stereocenters. The second-order valence-corrected chi connectivity index (χ2v) is 9.45. The molecule has 1 aromatic carbocycles. The number of aromatic nitrogens is 6. The Morgan fingerprint density at radius 1 is 1.03 bits per heavy atom. The zero-order valence-corrected chi connectivity index (χ0v) is 20.3. The standard InChI is InChI=1S/C23H27N7O3S/c1-15(2)13-30-22(29-9-11-31-12-10-29)26-27-23(30)34-14-18-24-25-21(32-18)19-16(3)33-28-20(19)17-7-5-4-6-8-17/h4-8,15H,9-14H2,1-3H3. The summed E-state index contributed by atoms with van der Waals surface area (Å²) in [5.41, 5.74) is 2.33. The summed E-state index contributed by atoms with van der Waals surface area (Å²) in [4.78, 5) is 2.23. The molecule has 3 aromatic heterocycles. The molecule has 0 spiro atoms. The molecule has 1 fully saturated rings. The fourth-order valence-electron chi connectivity index (χ4n) is 3.87. The predicted molar refractivity (Wildman–Crippen MR) is 127 cm³/mol. The third kappa shape index (κ3) is 4.71. The van der Waals surface area contributed by atoms with Crippen LogP contribution in [0.25, 0.3) is 22.7 Å². The summed E-state index contributed by atoms with van der Waals surface area (Å²) in [5.74, 6) is 3.36. The number of anilines is 1. The van der Waals surface area contributed by atoms with Crippen LogP contribution in [0.2, 0.25) is 0 Å². The summed E-state index contributed by atoms with van der Waals surface area (Å²) >= 11 is 1.54. The Bertz CT molecular complexity index is 1230. The minimum Gasteiger partial charge on any atom is -0.420 e. The summed E-state index contributed by atoms with van der Waals surface area (Å²) in [6.45, 7) is 10.1. The van der Waals surface area contributed by atoms with Crippen LogP contribution >= 0.6 is 11.8 Å². The molecule has 10 nitrogen and oxygen atoms in total. The fourth-order valence-corrected chi connectivity index (χ4v) is 4.65. The quantitative estimate of drug-likeness (QED) is 0.342. The van der Waals surface area contributed by atoms with Gasteiger partial charge in [-0.3, -0.25) is 4.57 Å². The van der Waals surface area contributed by atoms with Gasteiger partial charge in [-0.05, 0) is 12.8 Å². The van der Waals surface area contributed by atoms with Crippen molar-refractivity contribution in [1.29, 1.82) is 0 Å². The SMILES string of the molecule is Cc1onc(-c2ccccc2)c1-c1nnc(CSc2nnc(N3CCOCC3)n2CC(C)C)o1. The number of ether oxygens (including phenoxy) is 1. The van der Waals surface area contributed by atoms with Gasteiger partial charge in [0.1, 0.15) is 17.0 Å². The first kappa shape index (κ1) is 22.6. The van der Waals surface area contributed by atoms with E-state index in [-0.39, 0.29) is 0 Å². The maximum atomic E-state index is 6.01. The van der Waals surface area contributed by atoms with E-state index in [0.717, 1.165) is 36.3 Å². The molecule has 0 amide bonds. The Labute approximate surface area is 201 Å². The Morgan fingerprint density at radius 3 is 2.59 bits per heavy atom. The van der Waals surface area contributed by atoms with Crippen LogP contribution in [-0.4, -0.2) is 56.4 Å². The number of morpholine rings is 1. The van der Waals surface area contributed by atoms with Gasteiger partial charge < -0.3 is 18.6 Å². The molecular weight excluding hydrogens is 454 g/mol. The highest BCUT2D eigenvalue weighted by Gasteiger charge is 2.24. The normalized spacial score (nSPS) is 14.3. The lowest BCUT2D eigenvalue weighted by atomic mass is 10.1. The van der Waals surface area contributed by atoms with Crippen molar-refractivity contribution in [3.8, 4) is 22.7 Å². The average Bonchev–Trinajstić information content (AvgIpc) is 3.57. The second-order valence-electron chi connectivity index (χ2n) is 8.50. The highest BCUT2D eigenvalue weighted by atomic mass is 32.2. The van der Waals surface area contributed by atoms with Crippen LogP contribution in [0.4, 0.5) is 5.95 Å². The molecule has 178 valence electrons. The third-order valence-corrected chi connectivity index (χ3v) is 6.41. The van der Waals surface area contributed by atoms with E-state index in [4.69, 9.17) is 13.7 Å². The lowest BCUT2D eigenvalue weighted by Gasteiger charge is -2.28. The molecule has 34 heavy (non-hydrogen) atoms. The van der Waals surface area contributed by atoms with Crippen molar-refractivity contribution in [3.05, 3.63) is 42.0 Å². The van der Waals surface area contributed by atoms with Gasteiger partial charge in [-0.15, -0.1) is 20.4 Å². The first-order valence-electron chi connectivity index (χ1n) is 11.3. The van der Waals surface area contributed by atoms with Crippen molar-refractivity contribution in [2.24, 2.45) is 5.92 Å². The summed E-state index contributed by atoms with van der Waals surface area (Å²) in [6, 6.07) is 9.82. The van der Waals surface area contributed by atoms with Gasteiger partial charge in [-0.1, -0.05) is 61.1 Å². The molecule has 11 heteroatoms. The molecule has 4 heterocycles. The van der Waals surface area contributed by atoms with Gasteiger partial charge in [0.15, 0.2) is 5.16 Å². The van der Waals surface area contributed by atoms with Gasteiger partial charge >= 0.3 is 0 Å². The van der Waals surface area contributed by atoms with Crippen molar-refractivity contribution in [3.63, 3.8) is 0 Å². The number of rotatable bonds is 8. The largest absolute Gasteiger partial charge is 0.420 e. The summed E-state index contributed by atoms with van der Waals surface area (Å²) < 4.78 is 19.1. The minimum atomic E-state index is 0.394. The van der Waals surface area contributed by atoms with Crippen molar-refractivity contribution in [1.82, 2.24) is 30.1 Å². The number of hydrogen-bond donors (Lipinski definition) is 0. The highest BCUT2D eigenvalue weighted by Crippen LogP contribution is 2.34. The predicted octanol–water partition coefficient (Wildman–Crippen LogP) is 4.08. The number of hydrogen-bond acceptors (Lipinski definition) is 10. The minimum absolute atomic E-state index is 0.394. The van der Waals surface area contributed by atoms with Crippen LogP contribution in [0.3, 0.4) is 0 Å². The van der Waals surface area contributed by atoms with Gasteiger partial charge in [0, 0.05) is 25.2 Å². The van der Waals surface area contributed by atoms with Crippen molar-refractivity contribution in [2.45, 2.75) is 38.2 Å². The molecule has 0 atom stereocenters. The zero-order chi connectivity index (χ0) is 23.5. The van der Waals surface area contributed by atoms with Crippen LogP contribution < -0.4 is 4.90 Å². The highest BCUT2D eigenvalue weighted by molar-refractivity contribution is 7.98. The molecule has 1 aliphatic heterocycles. The lowest BCUT2D eigenvalue weighted by Crippen LogP contribution is -2.38. The molecule has 0 aliphatic carbocycles. The molecule has 1 aliphatic rings. The monoisotopic (exact) mass is 481 g/mol. The third-order valence-electron chi connectivity index (χ3n) is 5.45. The smallest absolute Gasteiger partial charge is 0.253 e. The maximum absolute atomic E-state index is 6.01. The number of benzene rings is 1. The van der Waals surface area contributed by atoms with Crippen LogP contribution in [0, 0.1) is 12.8 Å². The molecule has 4 aromatic rings. The Balaban J connectivity index is 1.35. The van der Waals surface area contributed by atoms with E-state index in [1.54, 1.807) is 0 Å². The Hall–Kier alpha value is -3.18. The van der Waals surface area contributed by atoms with Crippen molar-refractivity contribution in [2.75, 3.05) is 31.2 Å². The van der Waals surface area contributed by atoms with Gasteiger partial charge in [0.05, 0.1) is 19.0 Å². The zero-order valence-electron chi connectivity index (χ0n) is 19.5. The molecule has 0 saturated carbocycles. The topological polar surface area (TPSA) is 108 Å². The molecule has 1 saturated heterocycles. The summed E-state index contributed by atoms with van der Waals surface area (Å²) in [7, 11) is 0.